The molecule has 0 aliphatic carbocycles. The van der Waals surface area contributed by atoms with Crippen molar-refractivity contribution in [2.24, 2.45) is 0 Å². The minimum Gasteiger partial charge on any atom is -0.382 e. The van der Waals surface area contributed by atoms with Gasteiger partial charge in [-0.25, -0.2) is 24.9 Å². The van der Waals surface area contributed by atoms with Gasteiger partial charge in [-0.1, -0.05) is 0 Å². The highest BCUT2D eigenvalue weighted by Gasteiger charge is 2.08. The minimum absolute atomic E-state index is 0.392. The van der Waals surface area contributed by atoms with Gasteiger partial charge in [0.05, 0.1) is 18.7 Å². The molecule has 84 valence electrons. The third-order valence-corrected chi connectivity index (χ3v) is 2.96. The first-order valence-electron chi connectivity index (χ1n) is 4.72. The van der Waals surface area contributed by atoms with E-state index < -0.39 is 0 Å². The second-order valence-electron chi connectivity index (χ2n) is 3.16. The summed E-state index contributed by atoms with van der Waals surface area (Å²) >= 11 is 1.38. The Morgan fingerprint density at radius 3 is 2.82 bits per heavy atom. The van der Waals surface area contributed by atoms with Crippen molar-refractivity contribution in [3.8, 4) is 0 Å². The number of nitrogens with zero attached hydrogens (tertiary/aromatic N) is 5. The molecule has 3 N–H and O–H groups in total. The van der Waals surface area contributed by atoms with E-state index >= 15 is 0 Å². The van der Waals surface area contributed by atoms with Crippen LogP contribution >= 0.6 is 11.8 Å². The molecule has 3 heterocycles. The first-order chi connectivity index (χ1) is 8.33. The average molecular weight is 245 g/mol. The molecule has 0 aliphatic rings. The maximum atomic E-state index is 5.47. The highest BCUT2D eigenvalue weighted by molar-refractivity contribution is 7.99. The van der Waals surface area contributed by atoms with Gasteiger partial charge in [0.2, 0.25) is 0 Å². The van der Waals surface area contributed by atoms with Crippen molar-refractivity contribution in [1.29, 1.82) is 0 Å². The molecule has 0 aromatic carbocycles. The molecule has 3 aromatic heterocycles. The van der Waals surface area contributed by atoms with Crippen LogP contribution in [0.15, 0.2) is 35.1 Å². The van der Waals surface area contributed by atoms with Crippen molar-refractivity contribution >= 4 is 28.7 Å². The number of hydrogen-bond donors (Lipinski definition) is 2. The molecule has 0 aliphatic heterocycles. The Morgan fingerprint density at radius 1 is 1.06 bits per heavy atom. The molecule has 0 atom stereocenters. The minimum atomic E-state index is 0.392. The monoisotopic (exact) mass is 245 g/mol. The summed E-state index contributed by atoms with van der Waals surface area (Å²) in [6.45, 7) is 0. The van der Waals surface area contributed by atoms with E-state index in [2.05, 4.69) is 29.9 Å². The van der Waals surface area contributed by atoms with Crippen LogP contribution in [0, 0.1) is 0 Å². The van der Waals surface area contributed by atoms with E-state index in [1.807, 2.05) is 0 Å². The number of anilines is 1. The smallest absolute Gasteiger partial charge is 0.181 e. The molecule has 0 radical (unpaired) electrons. The van der Waals surface area contributed by atoms with Gasteiger partial charge in [0.25, 0.3) is 0 Å². The van der Waals surface area contributed by atoms with E-state index in [1.165, 1.54) is 24.3 Å². The fourth-order valence-corrected chi connectivity index (χ4v) is 2.06. The SMILES string of the molecule is Nc1cnc(Sc2ncnc3nc[nH]c23)cn1. The normalized spacial score (nSPS) is 10.8. The summed E-state index contributed by atoms with van der Waals surface area (Å²) in [5.41, 5.74) is 6.89. The molecule has 17 heavy (non-hydrogen) atoms. The zero-order chi connectivity index (χ0) is 11.7. The standard InChI is InChI=1S/C9H7N7S/c10-5-1-12-6(2-11-5)17-9-7-8(14-3-13-7)15-4-16-9/h1-4H,(H2,10,11)(H,13,14,15,16). The Hall–Kier alpha value is -2.22. The van der Waals surface area contributed by atoms with Crippen molar-refractivity contribution in [3.05, 3.63) is 25.0 Å². The summed E-state index contributed by atoms with van der Waals surface area (Å²) in [6, 6.07) is 0. The Morgan fingerprint density at radius 2 is 2.00 bits per heavy atom. The van der Waals surface area contributed by atoms with Gasteiger partial charge in [-0.3, -0.25) is 0 Å². The van der Waals surface area contributed by atoms with Gasteiger partial charge < -0.3 is 10.7 Å². The second-order valence-corrected chi connectivity index (χ2v) is 4.17. The maximum Gasteiger partial charge on any atom is 0.181 e. The van der Waals surface area contributed by atoms with Crippen LogP contribution in [-0.2, 0) is 0 Å². The van der Waals surface area contributed by atoms with Gasteiger partial charge in [0.1, 0.15) is 27.7 Å². The Kier molecular flexibility index (Phi) is 2.33. The Bertz CT molecular complexity index is 648. The molecular formula is C9H7N7S. The Balaban J connectivity index is 1.99. The molecule has 0 unspecified atom stereocenters. The van der Waals surface area contributed by atoms with E-state index in [0.29, 0.717) is 16.5 Å². The first-order valence-corrected chi connectivity index (χ1v) is 5.54. The largest absolute Gasteiger partial charge is 0.382 e. The van der Waals surface area contributed by atoms with Crippen molar-refractivity contribution in [1.82, 2.24) is 29.9 Å². The fraction of sp³-hybridized carbons (Fsp3) is 0. The average Bonchev–Trinajstić information content (AvgIpc) is 2.81. The molecule has 0 saturated heterocycles. The number of nitrogen functional groups attached to an aromatic ring is 1. The van der Waals surface area contributed by atoms with Crippen molar-refractivity contribution in [2.45, 2.75) is 10.1 Å². The number of aromatic nitrogens is 6. The fourth-order valence-electron chi connectivity index (χ4n) is 1.30. The van der Waals surface area contributed by atoms with Gasteiger partial charge in [-0.05, 0) is 11.8 Å². The van der Waals surface area contributed by atoms with Gasteiger partial charge >= 0.3 is 0 Å². The molecular weight excluding hydrogens is 238 g/mol. The highest BCUT2D eigenvalue weighted by atomic mass is 32.2. The van der Waals surface area contributed by atoms with Crippen LogP contribution in [0.25, 0.3) is 11.2 Å². The molecule has 3 aromatic rings. The van der Waals surface area contributed by atoms with Crippen molar-refractivity contribution in [3.63, 3.8) is 0 Å². The third kappa shape index (κ3) is 1.89. The van der Waals surface area contributed by atoms with Crippen LogP contribution in [0.1, 0.15) is 0 Å². The lowest BCUT2D eigenvalue weighted by molar-refractivity contribution is 1.04. The Labute approximate surface area is 99.9 Å². The molecule has 3 rings (SSSR count). The van der Waals surface area contributed by atoms with Crippen molar-refractivity contribution < 1.29 is 0 Å². The van der Waals surface area contributed by atoms with E-state index in [4.69, 9.17) is 5.73 Å². The van der Waals surface area contributed by atoms with Crippen LogP contribution in [0.3, 0.4) is 0 Å². The summed E-state index contributed by atoms with van der Waals surface area (Å²) in [7, 11) is 0. The molecule has 7 nitrogen and oxygen atoms in total. The molecule has 8 heteroatoms. The number of nitrogens with two attached hydrogens (primary N) is 1. The van der Waals surface area contributed by atoms with Crippen LogP contribution in [0.2, 0.25) is 0 Å². The third-order valence-electron chi connectivity index (χ3n) is 2.04. The van der Waals surface area contributed by atoms with E-state index in [1.54, 1.807) is 12.5 Å². The molecule has 0 fully saturated rings. The van der Waals surface area contributed by atoms with Gasteiger partial charge in [-0.2, -0.15) is 0 Å². The molecule has 0 spiro atoms. The lowest BCUT2D eigenvalue weighted by Gasteiger charge is -2.00. The summed E-state index contributed by atoms with van der Waals surface area (Å²) < 4.78 is 0. The number of rotatable bonds is 2. The maximum absolute atomic E-state index is 5.47. The van der Waals surface area contributed by atoms with Gasteiger partial charge in [0, 0.05) is 0 Å². The summed E-state index contributed by atoms with van der Waals surface area (Å²) in [6.07, 6.45) is 6.16. The topological polar surface area (TPSA) is 106 Å². The number of nitrogens with one attached hydrogen (secondary N) is 1. The lowest BCUT2D eigenvalue weighted by atomic mass is 10.6. The number of imidazole rings is 1. The number of fused-ring (bicyclic) bond motifs is 1. The quantitative estimate of drug-likeness (QED) is 0.645. The van der Waals surface area contributed by atoms with Crippen LogP contribution in [-0.4, -0.2) is 29.9 Å². The lowest BCUT2D eigenvalue weighted by Crippen LogP contribution is -1.92. The number of H-pyrrole nitrogens is 1. The molecule has 0 saturated carbocycles. The zero-order valence-corrected chi connectivity index (χ0v) is 9.35. The van der Waals surface area contributed by atoms with E-state index in [9.17, 15) is 0 Å². The highest BCUT2D eigenvalue weighted by Crippen LogP contribution is 2.27. The number of hydrogen-bond acceptors (Lipinski definition) is 7. The van der Waals surface area contributed by atoms with Gasteiger partial charge in [0.15, 0.2) is 5.65 Å². The predicted octanol–water partition coefficient (Wildman–Crippen LogP) is 0.876. The van der Waals surface area contributed by atoms with E-state index in [-0.39, 0.29) is 0 Å². The molecule has 0 bridgehead atoms. The molecule has 0 amide bonds. The van der Waals surface area contributed by atoms with Gasteiger partial charge in [-0.15, -0.1) is 0 Å². The van der Waals surface area contributed by atoms with Crippen LogP contribution in [0.5, 0.6) is 0 Å². The zero-order valence-electron chi connectivity index (χ0n) is 8.53. The first kappa shape index (κ1) is 9.97. The predicted molar refractivity (Wildman–Crippen MR) is 62.3 cm³/mol. The van der Waals surface area contributed by atoms with E-state index in [0.717, 1.165) is 10.5 Å². The second kappa shape index (κ2) is 3.98. The summed E-state index contributed by atoms with van der Waals surface area (Å²) in [4.78, 5) is 23.4. The van der Waals surface area contributed by atoms with Crippen LogP contribution in [0.4, 0.5) is 5.82 Å². The van der Waals surface area contributed by atoms with Crippen LogP contribution < -0.4 is 5.73 Å². The summed E-state index contributed by atoms with van der Waals surface area (Å²) in [5, 5.41) is 1.47. The number of aromatic amines is 1. The van der Waals surface area contributed by atoms with Crippen molar-refractivity contribution in [2.75, 3.05) is 5.73 Å². The summed E-state index contributed by atoms with van der Waals surface area (Å²) in [5.74, 6) is 0.392.